The third-order valence-corrected chi connectivity index (χ3v) is 5.48. The minimum atomic E-state index is -0.0401. The van der Waals surface area contributed by atoms with Crippen molar-refractivity contribution < 1.29 is 4.79 Å². The van der Waals surface area contributed by atoms with E-state index in [0.29, 0.717) is 9.23 Å². The van der Waals surface area contributed by atoms with Crippen LogP contribution in [0, 0.1) is 13.8 Å². The highest BCUT2D eigenvalue weighted by molar-refractivity contribution is 8.27. The van der Waals surface area contributed by atoms with Crippen LogP contribution in [0.3, 0.4) is 0 Å². The standard InChI is InChI=1S/C16H13NOS3/c1-10-5-6-12(8-11(10)2)17-15(18)14(21-16(17)19)9-13-4-3-7-20-13/h3-9H,1-2H3/b14-9+. The molecule has 1 amide bonds. The minimum Gasteiger partial charge on any atom is -0.268 e. The maximum atomic E-state index is 12.6. The lowest BCUT2D eigenvalue weighted by Crippen LogP contribution is -2.27. The van der Waals surface area contributed by atoms with Gasteiger partial charge in [0.1, 0.15) is 0 Å². The van der Waals surface area contributed by atoms with Gasteiger partial charge in [-0.2, -0.15) is 0 Å². The summed E-state index contributed by atoms with van der Waals surface area (Å²) in [5.74, 6) is -0.0401. The molecule has 5 heteroatoms. The Bertz CT molecular complexity index is 747. The molecule has 0 spiro atoms. The van der Waals surface area contributed by atoms with E-state index in [4.69, 9.17) is 12.2 Å². The number of nitrogens with zero attached hydrogens (tertiary/aromatic N) is 1. The summed E-state index contributed by atoms with van der Waals surface area (Å²) in [6, 6.07) is 9.94. The quantitative estimate of drug-likeness (QED) is 0.584. The number of anilines is 1. The first-order valence-corrected chi connectivity index (χ1v) is 8.55. The highest BCUT2D eigenvalue weighted by Gasteiger charge is 2.33. The number of thiocarbonyl (C=S) groups is 1. The maximum absolute atomic E-state index is 12.6. The number of amides is 1. The van der Waals surface area contributed by atoms with Gasteiger partial charge in [0.15, 0.2) is 4.32 Å². The summed E-state index contributed by atoms with van der Waals surface area (Å²) in [6.07, 6.45) is 1.91. The van der Waals surface area contributed by atoms with Gasteiger partial charge in [-0.05, 0) is 54.6 Å². The van der Waals surface area contributed by atoms with Gasteiger partial charge in [-0.25, -0.2) is 0 Å². The number of thiophene rings is 1. The van der Waals surface area contributed by atoms with Crippen LogP contribution in [0.4, 0.5) is 5.69 Å². The highest BCUT2D eigenvalue weighted by Crippen LogP contribution is 2.36. The van der Waals surface area contributed by atoms with Crippen molar-refractivity contribution in [2.24, 2.45) is 0 Å². The van der Waals surface area contributed by atoms with Gasteiger partial charge in [0, 0.05) is 4.88 Å². The molecule has 0 N–H and O–H groups in total. The van der Waals surface area contributed by atoms with Gasteiger partial charge in [-0.3, -0.25) is 9.69 Å². The molecule has 1 aliphatic rings. The fourth-order valence-electron chi connectivity index (χ4n) is 2.06. The topological polar surface area (TPSA) is 20.3 Å². The number of hydrogen-bond donors (Lipinski definition) is 0. The molecule has 21 heavy (non-hydrogen) atoms. The number of aryl methyl sites for hydroxylation is 2. The molecule has 1 fully saturated rings. The second-order valence-corrected chi connectivity index (χ2v) is 7.46. The Hall–Kier alpha value is -1.43. The lowest BCUT2D eigenvalue weighted by atomic mass is 10.1. The minimum absolute atomic E-state index is 0.0401. The van der Waals surface area contributed by atoms with Crippen LogP contribution in [-0.4, -0.2) is 10.2 Å². The van der Waals surface area contributed by atoms with Gasteiger partial charge in [0.25, 0.3) is 5.91 Å². The van der Waals surface area contributed by atoms with Gasteiger partial charge < -0.3 is 0 Å². The molecule has 2 heterocycles. The summed E-state index contributed by atoms with van der Waals surface area (Å²) in [7, 11) is 0. The summed E-state index contributed by atoms with van der Waals surface area (Å²) in [5.41, 5.74) is 3.21. The van der Waals surface area contributed by atoms with Crippen molar-refractivity contribution in [1.29, 1.82) is 0 Å². The molecular formula is C16H13NOS3. The number of carbonyl (C=O) groups excluding carboxylic acids is 1. The maximum Gasteiger partial charge on any atom is 0.270 e. The average molecular weight is 331 g/mol. The van der Waals surface area contributed by atoms with Crippen molar-refractivity contribution in [2.75, 3.05) is 4.90 Å². The van der Waals surface area contributed by atoms with Crippen molar-refractivity contribution in [3.8, 4) is 0 Å². The Kier molecular flexibility index (Phi) is 3.97. The van der Waals surface area contributed by atoms with Crippen molar-refractivity contribution in [3.63, 3.8) is 0 Å². The van der Waals surface area contributed by atoms with E-state index in [9.17, 15) is 4.79 Å². The van der Waals surface area contributed by atoms with Crippen molar-refractivity contribution in [3.05, 3.63) is 56.6 Å². The lowest BCUT2D eigenvalue weighted by molar-refractivity contribution is -0.113. The Labute approximate surface area is 137 Å². The van der Waals surface area contributed by atoms with Crippen molar-refractivity contribution in [1.82, 2.24) is 0 Å². The summed E-state index contributed by atoms with van der Waals surface area (Å²) < 4.78 is 0.589. The first kappa shape index (κ1) is 14.5. The Balaban J connectivity index is 1.95. The molecule has 2 nitrogen and oxygen atoms in total. The Morgan fingerprint density at radius 2 is 2.00 bits per heavy atom. The molecule has 1 aromatic carbocycles. The molecule has 0 unspecified atom stereocenters. The third-order valence-electron chi connectivity index (χ3n) is 3.36. The molecule has 0 saturated carbocycles. The van der Waals surface area contributed by atoms with E-state index in [-0.39, 0.29) is 5.91 Å². The van der Waals surface area contributed by atoms with E-state index in [1.807, 2.05) is 48.7 Å². The van der Waals surface area contributed by atoms with Crippen molar-refractivity contribution >= 4 is 57.3 Å². The largest absolute Gasteiger partial charge is 0.270 e. The fourth-order valence-corrected chi connectivity index (χ4v) is 4.08. The summed E-state index contributed by atoms with van der Waals surface area (Å²) in [5, 5.41) is 2.00. The van der Waals surface area contributed by atoms with Crippen molar-refractivity contribution in [2.45, 2.75) is 13.8 Å². The molecule has 2 aromatic rings. The number of rotatable bonds is 2. The Morgan fingerprint density at radius 1 is 1.19 bits per heavy atom. The predicted octanol–water partition coefficient (Wildman–Crippen LogP) is 4.77. The molecule has 0 atom stereocenters. The van der Waals surface area contributed by atoms with Gasteiger partial charge in [0.05, 0.1) is 10.6 Å². The number of benzene rings is 1. The second-order valence-electron chi connectivity index (χ2n) is 4.80. The molecule has 1 aliphatic heterocycles. The van der Waals surface area contributed by atoms with Gasteiger partial charge in [-0.1, -0.05) is 36.1 Å². The van der Waals surface area contributed by atoms with E-state index < -0.39 is 0 Å². The number of carbonyl (C=O) groups is 1. The smallest absolute Gasteiger partial charge is 0.268 e. The zero-order valence-corrected chi connectivity index (χ0v) is 14.1. The van der Waals surface area contributed by atoms with Crippen LogP contribution >= 0.6 is 35.3 Å². The van der Waals surface area contributed by atoms with Gasteiger partial charge in [-0.15, -0.1) is 11.3 Å². The number of hydrogen-bond acceptors (Lipinski definition) is 4. The van der Waals surface area contributed by atoms with Crippen LogP contribution in [0.1, 0.15) is 16.0 Å². The average Bonchev–Trinajstić information content (AvgIpc) is 3.03. The molecule has 0 bridgehead atoms. The summed E-state index contributed by atoms with van der Waals surface area (Å²) >= 11 is 8.35. The molecule has 1 saturated heterocycles. The zero-order valence-electron chi connectivity index (χ0n) is 11.6. The van der Waals surface area contributed by atoms with Crippen LogP contribution in [0.25, 0.3) is 6.08 Å². The van der Waals surface area contributed by atoms with Crippen LogP contribution in [0.5, 0.6) is 0 Å². The molecule has 1 aromatic heterocycles. The van der Waals surface area contributed by atoms with E-state index in [2.05, 4.69) is 6.92 Å². The predicted molar refractivity (Wildman–Crippen MR) is 95.9 cm³/mol. The highest BCUT2D eigenvalue weighted by atomic mass is 32.2. The SMILES string of the molecule is Cc1ccc(N2C(=O)/C(=C\c3cccs3)SC2=S)cc1C. The van der Waals surface area contributed by atoms with E-state index in [0.717, 1.165) is 16.1 Å². The molecule has 0 radical (unpaired) electrons. The van der Waals surface area contributed by atoms with Crippen LogP contribution in [-0.2, 0) is 4.79 Å². The monoisotopic (exact) mass is 331 g/mol. The first-order chi connectivity index (χ1) is 10.1. The lowest BCUT2D eigenvalue weighted by Gasteiger charge is -2.15. The van der Waals surface area contributed by atoms with E-state index in [1.54, 1.807) is 16.2 Å². The van der Waals surface area contributed by atoms with Crippen LogP contribution in [0.15, 0.2) is 40.6 Å². The number of thioether (sulfide) groups is 1. The molecule has 0 aliphatic carbocycles. The molecule has 3 rings (SSSR count). The van der Waals surface area contributed by atoms with E-state index >= 15 is 0 Å². The van der Waals surface area contributed by atoms with Gasteiger partial charge >= 0.3 is 0 Å². The first-order valence-electron chi connectivity index (χ1n) is 6.45. The fraction of sp³-hybridized carbons (Fsp3) is 0.125. The molecule has 106 valence electrons. The summed E-state index contributed by atoms with van der Waals surface area (Å²) in [4.78, 5) is 16.0. The van der Waals surface area contributed by atoms with Crippen LogP contribution in [0.2, 0.25) is 0 Å². The molecular weight excluding hydrogens is 318 g/mol. The van der Waals surface area contributed by atoms with Crippen LogP contribution < -0.4 is 4.90 Å². The Morgan fingerprint density at radius 3 is 2.67 bits per heavy atom. The van der Waals surface area contributed by atoms with E-state index in [1.165, 1.54) is 17.3 Å². The van der Waals surface area contributed by atoms with Gasteiger partial charge in [0.2, 0.25) is 0 Å². The third kappa shape index (κ3) is 2.81. The summed E-state index contributed by atoms with van der Waals surface area (Å²) in [6.45, 7) is 4.10. The normalized spacial score (nSPS) is 17.0. The second kappa shape index (κ2) is 5.75. The zero-order chi connectivity index (χ0) is 15.0.